The van der Waals surface area contributed by atoms with Crippen molar-refractivity contribution in [1.29, 1.82) is 0 Å². The molecule has 0 aliphatic rings. The van der Waals surface area contributed by atoms with Gasteiger partial charge < -0.3 is 15.4 Å². The minimum atomic E-state index is -1.52. The summed E-state index contributed by atoms with van der Waals surface area (Å²) >= 11 is 0. The van der Waals surface area contributed by atoms with Gasteiger partial charge in [0.15, 0.2) is 0 Å². The first-order valence-electron chi connectivity index (χ1n) is 8.67. The fourth-order valence-electron chi connectivity index (χ4n) is 3.10. The summed E-state index contributed by atoms with van der Waals surface area (Å²) in [5.74, 6) is 0.415. The first kappa shape index (κ1) is 18.1. The average molecular weight is 377 g/mol. The Balaban J connectivity index is 1.61. The zero-order valence-corrected chi connectivity index (χ0v) is 15.0. The number of anilines is 1. The molecule has 4 rings (SSSR count). The van der Waals surface area contributed by atoms with Crippen molar-refractivity contribution in [3.63, 3.8) is 0 Å². The van der Waals surface area contributed by atoms with Crippen molar-refractivity contribution in [2.24, 2.45) is 0 Å². The number of aromatic nitrogens is 4. The van der Waals surface area contributed by atoms with E-state index in [1.165, 1.54) is 18.5 Å². The normalized spacial score (nSPS) is 11.0. The fourth-order valence-corrected chi connectivity index (χ4v) is 3.10. The number of rotatable bonds is 5. The van der Waals surface area contributed by atoms with E-state index in [1.54, 1.807) is 28.8 Å². The molecular weight excluding hydrogens is 360 g/mol. The highest BCUT2D eigenvalue weighted by Crippen LogP contribution is 2.23. The van der Waals surface area contributed by atoms with Crippen LogP contribution < -0.4 is 10.8 Å². The summed E-state index contributed by atoms with van der Waals surface area (Å²) in [5.41, 5.74) is 2.81. The first-order valence-corrected chi connectivity index (χ1v) is 8.67. The van der Waals surface area contributed by atoms with E-state index in [1.807, 2.05) is 19.1 Å². The maximum atomic E-state index is 13.7. The molecule has 28 heavy (non-hydrogen) atoms. The zero-order valence-electron chi connectivity index (χ0n) is 15.0. The van der Waals surface area contributed by atoms with Gasteiger partial charge in [-0.25, -0.2) is 14.4 Å². The Hall–Kier alpha value is -3.30. The van der Waals surface area contributed by atoms with Gasteiger partial charge in [0.2, 0.25) is 11.9 Å². The Labute approximate surface area is 160 Å². The summed E-state index contributed by atoms with van der Waals surface area (Å²) in [6.07, 6.45) is 1.39. The van der Waals surface area contributed by atoms with E-state index in [0.29, 0.717) is 29.4 Å². The van der Waals surface area contributed by atoms with E-state index in [-0.39, 0.29) is 5.82 Å². The van der Waals surface area contributed by atoms with Gasteiger partial charge in [0.05, 0.1) is 5.52 Å². The minimum Gasteiger partial charge on any atom is -0.423 e. The molecule has 0 saturated carbocycles. The highest BCUT2D eigenvalue weighted by molar-refractivity contribution is 6.58. The van der Waals surface area contributed by atoms with Gasteiger partial charge in [0.1, 0.15) is 12.1 Å². The second-order valence-corrected chi connectivity index (χ2v) is 6.41. The molecule has 4 aromatic rings. The fraction of sp³-hybridized carbons (Fsp3) is 0.105. The van der Waals surface area contributed by atoms with E-state index in [4.69, 9.17) is 0 Å². The summed E-state index contributed by atoms with van der Waals surface area (Å²) in [6, 6.07) is 13.4. The van der Waals surface area contributed by atoms with Gasteiger partial charge in [-0.1, -0.05) is 24.3 Å². The molecule has 7 nitrogen and oxygen atoms in total. The van der Waals surface area contributed by atoms with Gasteiger partial charge in [0, 0.05) is 17.6 Å². The van der Waals surface area contributed by atoms with Crippen LogP contribution in [0.3, 0.4) is 0 Å². The van der Waals surface area contributed by atoms with Crippen LogP contribution in [0.2, 0.25) is 0 Å². The van der Waals surface area contributed by atoms with Crippen molar-refractivity contribution < 1.29 is 14.4 Å². The second kappa shape index (κ2) is 7.38. The number of fused-ring (bicyclic) bond motifs is 1. The summed E-state index contributed by atoms with van der Waals surface area (Å²) in [7, 11) is -1.52. The molecule has 0 aliphatic heterocycles. The van der Waals surface area contributed by atoms with E-state index in [9.17, 15) is 14.4 Å². The molecule has 2 aromatic heterocycles. The molecule has 0 amide bonds. The van der Waals surface area contributed by atoms with Crippen LogP contribution >= 0.6 is 0 Å². The molecule has 0 radical (unpaired) electrons. The Morgan fingerprint density at radius 2 is 1.96 bits per heavy atom. The highest BCUT2D eigenvalue weighted by Gasteiger charge is 2.13. The molecule has 0 saturated heterocycles. The summed E-state index contributed by atoms with van der Waals surface area (Å²) in [4.78, 5) is 12.8. The molecule has 0 bridgehead atoms. The lowest BCUT2D eigenvalue weighted by atomic mass is 9.80. The number of nitrogens with one attached hydrogen (secondary N) is 1. The molecule has 9 heteroatoms. The average Bonchev–Trinajstić information content (AvgIpc) is 3.01. The van der Waals surface area contributed by atoms with Gasteiger partial charge in [-0.3, -0.25) is 4.57 Å². The minimum absolute atomic E-state index is 0.329. The second-order valence-electron chi connectivity index (χ2n) is 6.41. The standard InChI is InChI=1S/C19H17BFN5O2/c1-12-7-14-5-6-16(21)9-17(14)26(12)19-24-11-23-18(25-19)22-10-13-3-2-4-15(8-13)20(27)28/h2-9,11,27-28H,10H2,1H3,(H,22,23,24,25). The third-order valence-corrected chi connectivity index (χ3v) is 4.41. The van der Waals surface area contributed by atoms with Crippen molar-refractivity contribution >= 4 is 29.4 Å². The van der Waals surface area contributed by atoms with Crippen LogP contribution in [0.1, 0.15) is 11.3 Å². The maximum absolute atomic E-state index is 13.7. The van der Waals surface area contributed by atoms with Gasteiger partial charge in [-0.05, 0) is 42.2 Å². The molecule has 0 fully saturated rings. The van der Waals surface area contributed by atoms with E-state index >= 15 is 0 Å². The van der Waals surface area contributed by atoms with Gasteiger partial charge in [0.25, 0.3) is 0 Å². The Kier molecular flexibility index (Phi) is 4.76. The monoisotopic (exact) mass is 377 g/mol. The van der Waals surface area contributed by atoms with Gasteiger partial charge in [-0.15, -0.1) is 0 Å². The predicted molar refractivity (Wildman–Crippen MR) is 105 cm³/mol. The summed E-state index contributed by atoms with van der Waals surface area (Å²) < 4.78 is 15.5. The zero-order chi connectivity index (χ0) is 19.7. The third kappa shape index (κ3) is 3.57. The van der Waals surface area contributed by atoms with E-state index < -0.39 is 7.12 Å². The van der Waals surface area contributed by atoms with Crippen LogP contribution in [-0.2, 0) is 6.54 Å². The number of hydrogen-bond acceptors (Lipinski definition) is 6. The topological polar surface area (TPSA) is 96.1 Å². The van der Waals surface area contributed by atoms with Crippen LogP contribution in [0.4, 0.5) is 10.3 Å². The molecular formula is C19H17BFN5O2. The summed E-state index contributed by atoms with van der Waals surface area (Å²) in [6.45, 7) is 2.30. The largest absolute Gasteiger partial charge is 0.488 e. The smallest absolute Gasteiger partial charge is 0.423 e. The van der Waals surface area contributed by atoms with Crippen molar-refractivity contribution in [1.82, 2.24) is 19.5 Å². The maximum Gasteiger partial charge on any atom is 0.488 e. The van der Waals surface area contributed by atoms with Crippen LogP contribution in [0, 0.1) is 12.7 Å². The van der Waals surface area contributed by atoms with Gasteiger partial charge >= 0.3 is 7.12 Å². The lowest BCUT2D eigenvalue weighted by molar-refractivity contribution is 0.425. The Morgan fingerprint density at radius 1 is 1.11 bits per heavy atom. The lowest BCUT2D eigenvalue weighted by Gasteiger charge is -2.09. The number of benzene rings is 2. The molecule has 0 atom stereocenters. The highest BCUT2D eigenvalue weighted by atomic mass is 19.1. The molecule has 0 spiro atoms. The van der Waals surface area contributed by atoms with Crippen LogP contribution in [0.15, 0.2) is 54.9 Å². The molecule has 0 aliphatic carbocycles. The predicted octanol–water partition coefficient (Wildman–Crippen LogP) is 1.55. The first-order chi connectivity index (χ1) is 13.5. The number of aryl methyl sites for hydroxylation is 1. The van der Waals surface area contributed by atoms with Crippen molar-refractivity contribution in [2.45, 2.75) is 13.5 Å². The van der Waals surface area contributed by atoms with Gasteiger partial charge in [-0.2, -0.15) is 4.98 Å². The van der Waals surface area contributed by atoms with E-state index in [0.717, 1.165) is 16.6 Å². The molecule has 0 unspecified atom stereocenters. The molecule has 140 valence electrons. The van der Waals surface area contributed by atoms with Crippen molar-refractivity contribution in [3.8, 4) is 5.95 Å². The SMILES string of the molecule is Cc1cc2ccc(F)cc2n1-c1ncnc(NCc2cccc(B(O)O)c2)n1. The molecule has 2 aromatic carbocycles. The third-order valence-electron chi connectivity index (χ3n) is 4.41. The summed E-state index contributed by atoms with van der Waals surface area (Å²) in [5, 5.41) is 22.6. The van der Waals surface area contributed by atoms with Crippen LogP contribution in [0.25, 0.3) is 16.9 Å². The molecule has 3 N–H and O–H groups in total. The van der Waals surface area contributed by atoms with Crippen molar-refractivity contribution in [2.75, 3.05) is 5.32 Å². The van der Waals surface area contributed by atoms with Crippen LogP contribution in [-0.4, -0.2) is 36.7 Å². The number of halogens is 1. The lowest BCUT2D eigenvalue weighted by Crippen LogP contribution is -2.30. The van der Waals surface area contributed by atoms with E-state index in [2.05, 4.69) is 20.3 Å². The quantitative estimate of drug-likeness (QED) is 0.457. The molecule has 2 heterocycles. The Morgan fingerprint density at radius 3 is 2.79 bits per heavy atom. The van der Waals surface area contributed by atoms with Crippen LogP contribution in [0.5, 0.6) is 0 Å². The number of nitrogens with zero attached hydrogens (tertiary/aromatic N) is 4. The Bertz CT molecular complexity index is 1150. The van der Waals surface area contributed by atoms with Crippen molar-refractivity contribution in [3.05, 3.63) is 71.9 Å². The number of hydrogen-bond donors (Lipinski definition) is 3.